The van der Waals surface area contributed by atoms with Crippen LogP contribution in [0.25, 0.3) is 10.8 Å². The maximum Gasteiger partial charge on any atom is 0.125 e. The molecule has 0 spiro atoms. The first-order valence-electron chi connectivity index (χ1n) is 8.97. The van der Waals surface area contributed by atoms with Crippen molar-refractivity contribution in [1.29, 1.82) is 0 Å². The van der Waals surface area contributed by atoms with Crippen molar-refractivity contribution in [2.45, 2.75) is 13.2 Å². The minimum absolute atomic E-state index is 0.441. The number of halogens is 1. The molecule has 4 aromatic carbocycles. The smallest absolute Gasteiger partial charge is 0.125 e. The molecule has 4 rings (SSSR count). The second kappa shape index (κ2) is 8.15. The third-order valence-electron chi connectivity index (χ3n) is 4.58. The number of para-hydroxylation sites is 1. The molecule has 0 aliphatic rings. The molecule has 0 radical (unpaired) electrons. The number of hydrogen-bond acceptors (Lipinski definition) is 2. The van der Waals surface area contributed by atoms with Gasteiger partial charge in [0, 0.05) is 28.4 Å². The Bertz CT molecular complexity index is 1050. The third-order valence-corrected chi connectivity index (χ3v) is 4.95. The first-order chi connectivity index (χ1) is 13.3. The maximum atomic E-state index is 6.27. The van der Waals surface area contributed by atoms with Gasteiger partial charge in [0.1, 0.15) is 12.4 Å². The van der Waals surface area contributed by atoms with Gasteiger partial charge in [-0.25, -0.2) is 0 Å². The van der Waals surface area contributed by atoms with Gasteiger partial charge in [0.15, 0.2) is 0 Å². The predicted molar refractivity (Wildman–Crippen MR) is 114 cm³/mol. The van der Waals surface area contributed by atoms with Crippen molar-refractivity contribution >= 4 is 28.1 Å². The van der Waals surface area contributed by atoms with E-state index in [0.29, 0.717) is 13.2 Å². The molecule has 2 nitrogen and oxygen atoms in total. The molecule has 0 aliphatic heterocycles. The summed E-state index contributed by atoms with van der Waals surface area (Å²) in [7, 11) is 0. The van der Waals surface area contributed by atoms with Crippen molar-refractivity contribution in [3.05, 3.63) is 107 Å². The van der Waals surface area contributed by atoms with Gasteiger partial charge < -0.3 is 10.1 Å². The van der Waals surface area contributed by atoms with Crippen LogP contribution in [-0.4, -0.2) is 0 Å². The van der Waals surface area contributed by atoms with Crippen molar-refractivity contribution in [3.63, 3.8) is 0 Å². The fourth-order valence-electron chi connectivity index (χ4n) is 3.15. The quantitative estimate of drug-likeness (QED) is 0.406. The lowest BCUT2D eigenvalue weighted by molar-refractivity contribution is 0.304. The van der Waals surface area contributed by atoms with Crippen LogP contribution in [0.1, 0.15) is 11.1 Å². The van der Waals surface area contributed by atoms with Gasteiger partial charge in [-0.1, -0.05) is 78.3 Å². The van der Waals surface area contributed by atoms with Crippen LogP contribution in [0.3, 0.4) is 0 Å². The van der Waals surface area contributed by atoms with Crippen LogP contribution >= 0.6 is 11.6 Å². The molecule has 4 aromatic rings. The van der Waals surface area contributed by atoms with Gasteiger partial charge in [0.05, 0.1) is 0 Å². The summed E-state index contributed by atoms with van der Waals surface area (Å²) >= 11 is 6.27. The molecule has 0 amide bonds. The first-order valence-corrected chi connectivity index (χ1v) is 9.35. The summed E-state index contributed by atoms with van der Waals surface area (Å²) in [5.74, 6) is 0.872. The number of anilines is 1. The van der Waals surface area contributed by atoms with Gasteiger partial charge in [-0.3, -0.25) is 0 Å². The van der Waals surface area contributed by atoms with Crippen LogP contribution in [0.5, 0.6) is 5.75 Å². The largest absolute Gasteiger partial charge is 0.488 e. The zero-order chi connectivity index (χ0) is 18.5. The van der Waals surface area contributed by atoms with Crippen LogP contribution in [-0.2, 0) is 13.2 Å². The summed E-state index contributed by atoms with van der Waals surface area (Å²) in [6, 6.07) is 30.5. The minimum Gasteiger partial charge on any atom is -0.488 e. The van der Waals surface area contributed by atoms with Crippen molar-refractivity contribution in [2.24, 2.45) is 0 Å². The number of nitrogens with one attached hydrogen (secondary N) is 1. The van der Waals surface area contributed by atoms with E-state index in [1.807, 2.05) is 48.5 Å². The van der Waals surface area contributed by atoms with Gasteiger partial charge in [0.2, 0.25) is 0 Å². The number of benzene rings is 4. The molecule has 0 saturated carbocycles. The topological polar surface area (TPSA) is 21.3 Å². The Kier molecular flexibility index (Phi) is 5.27. The molecular formula is C24H20ClNO. The minimum atomic E-state index is 0.441. The van der Waals surface area contributed by atoms with Crippen molar-refractivity contribution < 1.29 is 4.74 Å². The molecule has 0 aromatic heterocycles. The lowest BCUT2D eigenvalue weighted by Crippen LogP contribution is -2.05. The van der Waals surface area contributed by atoms with Gasteiger partial charge >= 0.3 is 0 Å². The number of fused-ring (bicyclic) bond motifs is 1. The average molecular weight is 374 g/mol. The highest BCUT2D eigenvalue weighted by molar-refractivity contribution is 6.31. The van der Waals surface area contributed by atoms with E-state index in [1.54, 1.807) is 0 Å². The van der Waals surface area contributed by atoms with Gasteiger partial charge in [-0.2, -0.15) is 0 Å². The fourth-order valence-corrected chi connectivity index (χ4v) is 3.34. The summed E-state index contributed by atoms with van der Waals surface area (Å²) in [6.07, 6.45) is 0. The molecule has 0 unspecified atom stereocenters. The average Bonchev–Trinajstić information content (AvgIpc) is 2.72. The van der Waals surface area contributed by atoms with Crippen molar-refractivity contribution in [2.75, 3.05) is 5.32 Å². The monoisotopic (exact) mass is 373 g/mol. The Morgan fingerprint density at radius 2 is 1.48 bits per heavy atom. The van der Waals surface area contributed by atoms with E-state index >= 15 is 0 Å². The summed E-state index contributed by atoms with van der Waals surface area (Å²) in [5.41, 5.74) is 3.21. The summed E-state index contributed by atoms with van der Waals surface area (Å²) in [6.45, 7) is 1.12. The molecule has 0 bridgehead atoms. The van der Waals surface area contributed by atoms with Gasteiger partial charge in [-0.05, 0) is 35.0 Å². The normalized spacial score (nSPS) is 10.7. The summed E-state index contributed by atoms with van der Waals surface area (Å²) in [4.78, 5) is 0. The molecule has 0 heterocycles. The van der Waals surface area contributed by atoms with Crippen molar-refractivity contribution in [1.82, 2.24) is 0 Å². The Balaban J connectivity index is 1.63. The highest BCUT2D eigenvalue weighted by Crippen LogP contribution is 2.30. The summed E-state index contributed by atoms with van der Waals surface area (Å²) in [5, 5.41) is 6.61. The molecular weight excluding hydrogens is 354 g/mol. The van der Waals surface area contributed by atoms with E-state index in [-0.39, 0.29) is 0 Å². The van der Waals surface area contributed by atoms with Gasteiger partial charge in [0.25, 0.3) is 0 Å². The SMILES string of the molecule is Clc1ccccc1COc1ccc2ccccc2c1CNc1ccccc1. The zero-order valence-electron chi connectivity index (χ0n) is 14.9. The Labute approximate surface area is 164 Å². The Morgan fingerprint density at radius 3 is 2.33 bits per heavy atom. The first kappa shape index (κ1) is 17.4. The lowest BCUT2D eigenvalue weighted by atomic mass is 10.0. The number of ether oxygens (including phenoxy) is 1. The van der Waals surface area contributed by atoms with Crippen LogP contribution < -0.4 is 10.1 Å². The molecule has 0 atom stereocenters. The van der Waals surface area contributed by atoms with Gasteiger partial charge in [-0.15, -0.1) is 0 Å². The fraction of sp³-hybridized carbons (Fsp3) is 0.0833. The van der Waals surface area contributed by atoms with E-state index in [4.69, 9.17) is 16.3 Å². The van der Waals surface area contributed by atoms with E-state index in [9.17, 15) is 0 Å². The van der Waals surface area contributed by atoms with Crippen LogP contribution in [0.4, 0.5) is 5.69 Å². The number of rotatable bonds is 6. The highest BCUT2D eigenvalue weighted by atomic mass is 35.5. The molecule has 3 heteroatoms. The van der Waals surface area contributed by atoms with Crippen LogP contribution in [0, 0.1) is 0 Å². The number of hydrogen-bond donors (Lipinski definition) is 1. The van der Waals surface area contributed by atoms with E-state index in [1.165, 1.54) is 10.8 Å². The standard InChI is InChI=1S/C24H20ClNO/c25-23-13-7-5-9-19(23)17-27-24-15-14-18-8-4-6-12-21(18)22(24)16-26-20-10-2-1-3-11-20/h1-15,26H,16-17H2. The molecule has 0 saturated heterocycles. The molecule has 0 aliphatic carbocycles. The Hall–Kier alpha value is -2.97. The summed E-state index contributed by atoms with van der Waals surface area (Å²) < 4.78 is 6.18. The molecule has 134 valence electrons. The van der Waals surface area contributed by atoms with E-state index in [2.05, 4.69) is 47.8 Å². The molecule has 1 N–H and O–H groups in total. The maximum absolute atomic E-state index is 6.27. The predicted octanol–water partition coefficient (Wildman–Crippen LogP) is 6.68. The molecule has 0 fully saturated rings. The highest BCUT2D eigenvalue weighted by Gasteiger charge is 2.10. The zero-order valence-corrected chi connectivity index (χ0v) is 15.6. The van der Waals surface area contributed by atoms with Crippen LogP contribution in [0.15, 0.2) is 91.0 Å². The van der Waals surface area contributed by atoms with Crippen molar-refractivity contribution in [3.8, 4) is 5.75 Å². The third kappa shape index (κ3) is 4.07. The second-order valence-electron chi connectivity index (χ2n) is 6.36. The van der Waals surface area contributed by atoms with Crippen LogP contribution in [0.2, 0.25) is 5.02 Å². The van der Waals surface area contributed by atoms with E-state index < -0.39 is 0 Å². The van der Waals surface area contributed by atoms with E-state index in [0.717, 1.165) is 27.6 Å². The Morgan fingerprint density at radius 1 is 0.741 bits per heavy atom. The lowest BCUT2D eigenvalue weighted by Gasteiger charge is -2.16. The molecule has 27 heavy (non-hydrogen) atoms. The second-order valence-corrected chi connectivity index (χ2v) is 6.77.